The van der Waals surface area contributed by atoms with E-state index in [2.05, 4.69) is 34.9 Å². The van der Waals surface area contributed by atoms with Gasteiger partial charge in [0.25, 0.3) is 0 Å². The molecule has 2 nitrogen and oxygen atoms in total. The summed E-state index contributed by atoms with van der Waals surface area (Å²) in [6.45, 7) is 3.87. The van der Waals surface area contributed by atoms with E-state index in [9.17, 15) is 4.79 Å². The Hall–Kier alpha value is -1.40. The molecule has 0 unspecified atom stereocenters. The SMILES string of the molecule is CC(=O)SCC#Cc1cccc(N2CCCC2)c1. The van der Waals surface area contributed by atoms with E-state index in [-0.39, 0.29) is 5.12 Å². The summed E-state index contributed by atoms with van der Waals surface area (Å²) in [6.07, 6.45) is 2.57. The van der Waals surface area contributed by atoms with E-state index in [4.69, 9.17) is 0 Å². The molecule has 0 atom stereocenters. The van der Waals surface area contributed by atoms with Crippen molar-refractivity contribution >= 4 is 22.6 Å². The molecule has 0 saturated carbocycles. The van der Waals surface area contributed by atoms with Crippen molar-refractivity contribution in [1.82, 2.24) is 0 Å². The second-order valence-electron chi connectivity index (χ2n) is 4.33. The maximum Gasteiger partial charge on any atom is 0.186 e. The minimum Gasteiger partial charge on any atom is -0.371 e. The zero-order valence-electron chi connectivity index (χ0n) is 10.6. The van der Waals surface area contributed by atoms with Gasteiger partial charge in [0, 0.05) is 31.3 Å². The predicted molar refractivity (Wildman–Crippen MR) is 77.9 cm³/mol. The Morgan fingerprint density at radius 1 is 1.39 bits per heavy atom. The lowest BCUT2D eigenvalue weighted by Gasteiger charge is -2.17. The van der Waals surface area contributed by atoms with Crippen LogP contribution in [-0.2, 0) is 4.79 Å². The molecule has 18 heavy (non-hydrogen) atoms. The highest BCUT2D eigenvalue weighted by Crippen LogP contribution is 2.20. The van der Waals surface area contributed by atoms with Crippen LogP contribution in [0.4, 0.5) is 5.69 Å². The van der Waals surface area contributed by atoms with Gasteiger partial charge in [-0.15, -0.1) is 0 Å². The van der Waals surface area contributed by atoms with Gasteiger partial charge in [0.15, 0.2) is 5.12 Å². The summed E-state index contributed by atoms with van der Waals surface area (Å²) in [6, 6.07) is 8.35. The van der Waals surface area contributed by atoms with Crippen molar-refractivity contribution in [2.45, 2.75) is 19.8 Å². The molecule has 1 aliphatic heterocycles. The smallest absolute Gasteiger partial charge is 0.186 e. The topological polar surface area (TPSA) is 20.3 Å². The Labute approximate surface area is 113 Å². The Bertz CT molecular complexity index is 481. The van der Waals surface area contributed by atoms with Crippen molar-refractivity contribution in [2.24, 2.45) is 0 Å². The summed E-state index contributed by atoms with van der Waals surface area (Å²) in [5.41, 5.74) is 2.29. The molecule has 1 aromatic rings. The molecular formula is C15H17NOS. The molecule has 0 N–H and O–H groups in total. The molecule has 0 radical (unpaired) electrons. The van der Waals surface area contributed by atoms with Gasteiger partial charge in [-0.05, 0) is 31.0 Å². The van der Waals surface area contributed by atoms with E-state index in [0.29, 0.717) is 5.75 Å². The van der Waals surface area contributed by atoms with E-state index in [1.165, 1.54) is 30.3 Å². The van der Waals surface area contributed by atoms with Gasteiger partial charge in [-0.2, -0.15) is 0 Å². The number of nitrogens with zero attached hydrogens (tertiary/aromatic N) is 1. The van der Waals surface area contributed by atoms with Gasteiger partial charge in [-0.3, -0.25) is 4.79 Å². The first-order valence-electron chi connectivity index (χ1n) is 6.23. The summed E-state index contributed by atoms with van der Waals surface area (Å²) in [5.74, 6) is 6.71. The van der Waals surface area contributed by atoms with E-state index < -0.39 is 0 Å². The summed E-state index contributed by atoms with van der Waals surface area (Å²) in [7, 11) is 0. The first-order chi connectivity index (χ1) is 8.75. The fraction of sp³-hybridized carbons (Fsp3) is 0.400. The number of anilines is 1. The van der Waals surface area contributed by atoms with Gasteiger partial charge in [0.2, 0.25) is 0 Å². The lowest BCUT2D eigenvalue weighted by atomic mass is 10.2. The Balaban J connectivity index is 2.00. The molecule has 0 aromatic heterocycles. The van der Waals surface area contributed by atoms with Gasteiger partial charge in [-0.1, -0.05) is 29.7 Å². The van der Waals surface area contributed by atoms with Crippen LogP contribution in [-0.4, -0.2) is 24.0 Å². The van der Waals surface area contributed by atoms with Crippen LogP contribution in [0, 0.1) is 11.8 Å². The highest BCUT2D eigenvalue weighted by atomic mass is 32.2. The molecule has 0 spiro atoms. The largest absolute Gasteiger partial charge is 0.371 e. The number of thioether (sulfide) groups is 1. The number of benzene rings is 1. The number of carbonyl (C=O) groups excluding carboxylic acids is 1. The molecule has 1 aromatic carbocycles. The predicted octanol–water partition coefficient (Wildman–Crippen LogP) is 2.92. The molecule has 2 rings (SSSR count). The quantitative estimate of drug-likeness (QED) is 0.762. The van der Waals surface area contributed by atoms with E-state index in [1.807, 2.05) is 6.07 Å². The summed E-state index contributed by atoms with van der Waals surface area (Å²) < 4.78 is 0. The first-order valence-corrected chi connectivity index (χ1v) is 7.21. The van der Waals surface area contributed by atoms with Gasteiger partial charge in [-0.25, -0.2) is 0 Å². The summed E-state index contributed by atoms with van der Waals surface area (Å²) in [5, 5.41) is 0.120. The van der Waals surface area contributed by atoms with Crippen molar-refractivity contribution in [3.05, 3.63) is 29.8 Å². The fourth-order valence-electron chi connectivity index (χ4n) is 2.03. The highest BCUT2D eigenvalue weighted by Gasteiger charge is 2.11. The number of carbonyl (C=O) groups is 1. The van der Waals surface area contributed by atoms with Crippen LogP contribution in [0.2, 0.25) is 0 Å². The molecule has 0 amide bonds. The van der Waals surface area contributed by atoms with E-state index >= 15 is 0 Å². The number of hydrogen-bond donors (Lipinski definition) is 0. The second kappa shape index (κ2) is 6.51. The van der Waals surface area contributed by atoms with Crippen molar-refractivity contribution in [3.63, 3.8) is 0 Å². The summed E-state index contributed by atoms with van der Waals surface area (Å²) >= 11 is 1.26. The maximum absolute atomic E-state index is 10.8. The monoisotopic (exact) mass is 259 g/mol. The maximum atomic E-state index is 10.8. The molecule has 1 aliphatic rings. The normalized spacial score (nSPS) is 14.2. The van der Waals surface area contributed by atoms with Crippen LogP contribution in [0.5, 0.6) is 0 Å². The molecule has 1 saturated heterocycles. The van der Waals surface area contributed by atoms with Crippen LogP contribution >= 0.6 is 11.8 Å². The molecule has 0 aliphatic carbocycles. The third kappa shape index (κ3) is 3.82. The Morgan fingerprint density at radius 3 is 2.89 bits per heavy atom. The average Bonchev–Trinajstić information content (AvgIpc) is 2.89. The third-order valence-corrected chi connectivity index (χ3v) is 3.59. The standard InChI is InChI=1S/C15H17NOS/c1-13(17)18-11-5-7-14-6-4-8-15(12-14)16-9-2-3-10-16/h4,6,8,12H,2-3,9-11H2,1H3. The summed E-state index contributed by atoms with van der Waals surface area (Å²) in [4.78, 5) is 13.2. The van der Waals surface area contributed by atoms with Gasteiger partial charge in [0.1, 0.15) is 0 Å². The van der Waals surface area contributed by atoms with Crippen LogP contribution in [0.3, 0.4) is 0 Å². The first kappa shape index (κ1) is 13.0. The Kier molecular flexibility index (Phi) is 4.72. The van der Waals surface area contributed by atoms with Crippen molar-refractivity contribution in [3.8, 4) is 11.8 Å². The lowest BCUT2D eigenvalue weighted by Crippen LogP contribution is -2.17. The lowest BCUT2D eigenvalue weighted by molar-refractivity contribution is -0.109. The van der Waals surface area contributed by atoms with Crippen molar-refractivity contribution in [2.75, 3.05) is 23.7 Å². The Morgan fingerprint density at radius 2 is 2.17 bits per heavy atom. The van der Waals surface area contributed by atoms with Crippen LogP contribution < -0.4 is 4.90 Å². The van der Waals surface area contributed by atoms with Crippen molar-refractivity contribution < 1.29 is 4.79 Å². The van der Waals surface area contributed by atoms with Crippen LogP contribution in [0.25, 0.3) is 0 Å². The molecule has 94 valence electrons. The van der Waals surface area contributed by atoms with Gasteiger partial charge < -0.3 is 4.90 Å². The number of rotatable bonds is 2. The number of hydrogen-bond acceptors (Lipinski definition) is 3. The van der Waals surface area contributed by atoms with Crippen molar-refractivity contribution in [1.29, 1.82) is 0 Å². The molecule has 3 heteroatoms. The second-order valence-corrected chi connectivity index (χ2v) is 5.48. The zero-order valence-corrected chi connectivity index (χ0v) is 11.4. The molecule has 1 heterocycles. The zero-order chi connectivity index (χ0) is 12.8. The fourth-order valence-corrected chi connectivity index (χ4v) is 2.38. The minimum atomic E-state index is 0.120. The molecule has 1 fully saturated rings. The minimum absolute atomic E-state index is 0.120. The van der Waals surface area contributed by atoms with Crippen LogP contribution in [0.15, 0.2) is 24.3 Å². The van der Waals surface area contributed by atoms with Crippen LogP contribution in [0.1, 0.15) is 25.3 Å². The molecule has 0 bridgehead atoms. The van der Waals surface area contributed by atoms with E-state index in [1.54, 1.807) is 6.92 Å². The van der Waals surface area contributed by atoms with Gasteiger partial charge >= 0.3 is 0 Å². The highest BCUT2D eigenvalue weighted by molar-refractivity contribution is 8.13. The molecular weight excluding hydrogens is 242 g/mol. The van der Waals surface area contributed by atoms with E-state index in [0.717, 1.165) is 18.7 Å². The van der Waals surface area contributed by atoms with Gasteiger partial charge in [0.05, 0.1) is 5.75 Å². The average molecular weight is 259 g/mol. The third-order valence-electron chi connectivity index (χ3n) is 2.90.